The Morgan fingerprint density at radius 3 is 2.59 bits per heavy atom. The van der Waals surface area contributed by atoms with Crippen molar-refractivity contribution in [1.82, 2.24) is 20.2 Å². The Labute approximate surface area is 170 Å². The number of hydrogen-bond acceptors (Lipinski definition) is 7. The Morgan fingerprint density at radius 2 is 1.93 bits per heavy atom. The second-order valence-corrected chi connectivity index (χ2v) is 7.53. The van der Waals surface area contributed by atoms with Crippen LogP contribution in [0.15, 0.2) is 52.5 Å². The van der Waals surface area contributed by atoms with Crippen molar-refractivity contribution in [2.75, 3.05) is 11.1 Å². The number of nitrogens with one attached hydrogen (secondary N) is 2. The number of anilines is 2. The lowest BCUT2D eigenvalue weighted by atomic mass is 10.1. The van der Waals surface area contributed by atoms with E-state index >= 15 is 0 Å². The predicted octanol–water partition coefficient (Wildman–Crippen LogP) is 3.73. The number of nitrogens with zero attached hydrogens (tertiary/aromatic N) is 3. The van der Waals surface area contributed by atoms with E-state index < -0.39 is 0 Å². The van der Waals surface area contributed by atoms with Crippen LogP contribution in [-0.4, -0.2) is 31.2 Å². The minimum atomic E-state index is -0.130. The summed E-state index contributed by atoms with van der Waals surface area (Å²) >= 11 is 1.31. The number of aryl methyl sites for hydroxylation is 1. The van der Waals surface area contributed by atoms with Crippen molar-refractivity contribution >= 4 is 40.1 Å². The number of carbonyl (C=O) groups excluding carboxylic acids is 1. The van der Waals surface area contributed by atoms with Gasteiger partial charge in [0.2, 0.25) is 5.91 Å². The lowest BCUT2D eigenvalue weighted by molar-refractivity contribution is -0.114. The third-order valence-electron chi connectivity index (χ3n) is 4.20. The summed E-state index contributed by atoms with van der Waals surface area (Å²) in [5.74, 6) is 0.154. The summed E-state index contributed by atoms with van der Waals surface area (Å²) in [6, 6.07) is 12.5. The van der Waals surface area contributed by atoms with Crippen molar-refractivity contribution in [3.8, 4) is 17.0 Å². The molecule has 0 aliphatic rings. The zero-order chi connectivity index (χ0) is 20.5. The lowest BCUT2D eigenvalue weighted by Gasteiger charge is -2.10. The zero-order valence-corrected chi connectivity index (χ0v) is 16.5. The molecule has 0 saturated heterocycles. The number of fused-ring (bicyclic) bond motifs is 1. The van der Waals surface area contributed by atoms with Gasteiger partial charge in [-0.2, -0.15) is 5.10 Å². The summed E-state index contributed by atoms with van der Waals surface area (Å²) in [6.45, 7) is 3.37. The highest BCUT2D eigenvalue weighted by molar-refractivity contribution is 7.99. The first-order valence-electron chi connectivity index (χ1n) is 8.78. The highest BCUT2D eigenvalue weighted by Crippen LogP contribution is 2.37. The Morgan fingerprint density at radius 1 is 1.17 bits per heavy atom. The fourth-order valence-corrected chi connectivity index (χ4v) is 3.73. The summed E-state index contributed by atoms with van der Waals surface area (Å²) in [4.78, 5) is 20.9. The van der Waals surface area contributed by atoms with Gasteiger partial charge in [-0.1, -0.05) is 0 Å². The number of H-pyrrole nitrogens is 1. The van der Waals surface area contributed by atoms with Gasteiger partial charge in [0, 0.05) is 28.8 Å². The van der Waals surface area contributed by atoms with Crippen LogP contribution in [-0.2, 0) is 4.79 Å². The van der Waals surface area contributed by atoms with Gasteiger partial charge in [0.15, 0.2) is 5.16 Å². The van der Waals surface area contributed by atoms with Crippen LogP contribution < -0.4 is 11.1 Å². The van der Waals surface area contributed by atoms with Gasteiger partial charge in [-0.3, -0.25) is 9.89 Å². The molecule has 29 heavy (non-hydrogen) atoms. The minimum Gasteiger partial charge on any atom is -0.506 e. The number of aromatic hydroxyl groups is 1. The molecule has 4 aromatic rings. The summed E-state index contributed by atoms with van der Waals surface area (Å²) in [6.07, 6.45) is 0. The normalized spacial score (nSPS) is 11.0. The third-order valence-corrected chi connectivity index (χ3v) is 5.08. The van der Waals surface area contributed by atoms with Gasteiger partial charge in [-0.25, -0.2) is 9.97 Å². The number of amides is 1. The molecule has 146 valence electrons. The maximum absolute atomic E-state index is 11.1. The van der Waals surface area contributed by atoms with Crippen LogP contribution in [0, 0.1) is 6.92 Å². The smallest absolute Gasteiger partial charge is 0.221 e. The molecule has 9 heteroatoms. The number of nitrogens with two attached hydrogens (primary N) is 1. The summed E-state index contributed by atoms with van der Waals surface area (Å²) in [7, 11) is 0. The fourth-order valence-electron chi connectivity index (χ4n) is 2.96. The third kappa shape index (κ3) is 3.85. The van der Waals surface area contributed by atoms with Crippen LogP contribution >= 0.6 is 11.8 Å². The van der Waals surface area contributed by atoms with Crippen LogP contribution in [0.1, 0.15) is 12.6 Å². The first kappa shape index (κ1) is 18.8. The number of phenols is 1. The molecule has 0 fully saturated rings. The van der Waals surface area contributed by atoms with Gasteiger partial charge >= 0.3 is 0 Å². The molecule has 2 heterocycles. The maximum Gasteiger partial charge on any atom is 0.221 e. The molecule has 1 amide bonds. The highest BCUT2D eigenvalue weighted by Gasteiger charge is 2.16. The van der Waals surface area contributed by atoms with Crippen molar-refractivity contribution in [3.63, 3.8) is 0 Å². The van der Waals surface area contributed by atoms with E-state index in [1.165, 1.54) is 18.7 Å². The Kier molecular flexibility index (Phi) is 4.81. The molecule has 0 bridgehead atoms. The van der Waals surface area contributed by atoms with Crippen LogP contribution in [0.3, 0.4) is 0 Å². The molecule has 0 aliphatic carbocycles. The number of carbonyl (C=O) groups is 1. The van der Waals surface area contributed by atoms with Crippen LogP contribution in [0.25, 0.3) is 22.2 Å². The molecule has 4 rings (SSSR count). The van der Waals surface area contributed by atoms with E-state index in [0.717, 1.165) is 16.2 Å². The van der Waals surface area contributed by atoms with Gasteiger partial charge in [0.05, 0.1) is 11.1 Å². The van der Waals surface area contributed by atoms with Gasteiger partial charge < -0.3 is 16.2 Å². The van der Waals surface area contributed by atoms with Crippen molar-refractivity contribution in [2.24, 2.45) is 0 Å². The van der Waals surface area contributed by atoms with Gasteiger partial charge in [-0.15, -0.1) is 0 Å². The molecule has 2 aromatic carbocycles. The van der Waals surface area contributed by atoms with Gasteiger partial charge in [-0.05, 0) is 61.2 Å². The molecule has 8 nitrogen and oxygen atoms in total. The van der Waals surface area contributed by atoms with E-state index in [-0.39, 0.29) is 17.5 Å². The van der Waals surface area contributed by atoms with E-state index in [0.29, 0.717) is 27.4 Å². The number of aromatic nitrogens is 4. The Hall–Kier alpha value is -3.59. The molecule has 0 atom stereocenters. The molecular formula is C20H18N6O2S. The molecule has 0 radical (unpaired) electrons. The molecule has 0 spiro atoms. The number of rotatable bonds is 4. The van der Waals surface area contributed by atoms with Gasteiger partial charge in [0.1, 0.15) is 17.1 Å². The molecule has 2 aromatic heterocycles. The molecule has 5 N–H and O–H groups in total. The predicted molar refractivity (Wildman–Crippen MR) is 113 cm³/mol. The number of phenolic OH excluding ortho intramolecular Hbond substituents is 1. The number of aromatic amines is 1. The Bertz CT molecular complexity index is 1220. The number of nitrogen functional groups attached to an aromatic ring is 1. The van der Waals surface area contributed by atoms with Crippen LogP contribution in [0.5, 0.6) is 5.75 Å². The first-order valence-corrected chi connectivity index (χ1v) is 9.59. The van der Waals surface area contributed by atoms with Crippen molar-refractivity contribution < 1.29 is 9.90 Å². The van der Waals surface area contributed by atoms with Crippen molar-refractivity contribution in [2.45, 2.75) is 23.9 Å². The van der Waals surface area contributed by atoms with E-state index in [4.69, 9.17) is 5.73 Å². The number of hydrogen-bond donors (Lipinski definition) is 4. The van der Waals surface area contributed by atoms with E-state index in [1.807, 2.05) is 25.1 Å². The van der Waals surface area contributed by atoms with Crippen molar-refractivity contribution in [1.29, 1.82) is 0 Å². The molecule has 0 unspecified atom stereocenters. The van der Waals surface area contributed by atoms with Crippen LogP contribution in [0.4, 0.5) is 11.5 Å². The molecular weight excluding hydrogens is 388 g/mol. The quantitative estimate of drug-likeness (QED) is 0.380. The zero-order valence-electron chi connectivity index (χ0n) is 15.7. The summed E-state index contributed by atoms with van der Waals surface area (Å²) < 4.78 is 0. The Balaban J connectivity index is 1.72. The average Bonchev–Trinajstić information content (AvgIpc) is 3.10. The fraction of sp³-hybridized carbons (Fsp3) is 0.100. The average molecular weight is 406 g/mol. The number of benzene rings is 2. The molecule has 0 saturated carbocycles. The highest BCUT2D eigenvalue weighted by atomic mass is 32.2. The SMILES string of the molecule is CC(=O)Nc1ccc(Sc2nc(N)c3c(-c4cc(C)[nH]n4)ccc(O)c3n2)cc1. The largest absolute Gasteiger partial charge is 0.506 e. The summed E-state index contributed by atoms with van der Waals surface area (Å²) in [5.41, 5.74) is 9.68. The molecule has 0 aliphatic heterocycles. The van der Waals surface area contributed by atoms with Crippen molar-refractivity contribution in [3.05, 3.63) is 48.2 Å². The lowest BCUT2D eigenvalue weighted by Crippen LogP contribution is -2.05. The second kappa shape index (κ2) is 7.44. The minimum absolute atomic E-state index is 0.0213. The standard InChI is InChI=1S/C20H18N6O2S/c1-10-9-15(26-25-10)14-7-8-16(28)18-17(14)19(21)24-20(23-18)29-13-5-3-12(4-6-13)22-11(2)27/h3-9,28H,1-2H3,(H,22,27)(H,25,26)(H2,21,23,24). The van der Waals surface area contributed by atoms with E-state index in [9.17, 15) is 9.90 Å². The maximum atomic E-state index is 11.1. The van der Waals surface area contributed by atoms with E-state index in [2.05, 4.69) is 25.5 Å². The summed E-state index contributed by atoms with van der Waals surface area (Å²) in [5, 5.41) is 21.2. The topological polar surface area (TPSA) is 130 Å². The second-order valence-electron chi connectivity index (χ2n) is 6.49. The van der Waals surface area contributed by atoms with Crippen LogP contribution in [0.2, 0.25) is 0 Å². The van der Waals surface area contributed by atoms with Gasteiger partial charge in [0.25, 0.3) is 0 Å². The monoisotopic (exact) mass is 406 g/mol. The first-order chi connectivity index (χ1) is 13.9. The van der Waals surface area contributed by atoms with E-state index in [1.54, 1.807) is 24.3 Å².